The number of hydrogen-bond acceptors (Lipinski definition) is 7. The smallest absolute Gasteiger partial charge is 0.261 e. The Kier molecular flexibility index (Phi) is 5.29. The van der Waals surface area contributed by atoms with Gasteiger partial charge in [-0.05, 0) is 36.4 Å². The molecule has 140 valence electrons. The van der Waals surface area contributed by atoms with E-state index in [0.29, 0.717) is 17.2 Å². The van der Waals surface area contributed by atoms with Crippen LogP contribution in [-0.4, -0.2) is 37.5 Å². The summed E-state index contributed by atoms with van der Waals surface area (Å²) in [7, 11) is -0.224. The van der Waals surface area contributed by atoms with Gasteiger partial charge in [0.05, 0.1) is 10.6 Å². The molecule has 2 aromatic carbocycles. The van der Waals surface area contributed by atoms with E-state index in [4.69, 9.17) is 5.73 Å². The highest BCUT2D eigenvalue weighted by Crippen LogP contribution is 2.28. The molecule has 0 saturated heterocycles. The van der Waals surface area contributed by atoms with E-state index in [2.05, 4.69) is 35.6 Å². The van der Waals surface area contributed by atoms with E-state index in [-0.39, 0.29) is 16.7 Å². The molecule has 0 aliphatic rings. The largest absolute Gasteiger partial charge is 0.368 e. The fourth-order valence-corrected chi connectivity index (χ4v) is 3.63. The average molecular weight is 449 g/mol. The molecule has 0 saturated carbocycles. The minimum Gasteiger partial charge on any atom is -0.368 e. The van der Waals surface area contributed by atoms with E-state index >= 15 is 0 Å². The number of nitrogens with zero attached hydrogens (tertiary/aromatic N) is 4. The molecule has 0 aliphatic heterocycles. The number of nitrogens with two attached hydrogens (primary N) is 1. The molecule has 3 N–H and O–H groups in total. The second kappa shape index (κ2) is 7.49. The van der Waals surface area contributed by atoms with Gasteiger partial charge in [-0.1, -0.05) is 28.1 Å². The number of halogens is 1. The summed E-state index contributed by atoms with van der Waals surface area (Å²) in [6, 6.07) is 13.2. The Labute approximate surface area is 165 Å². The third-order valence-corrected chi connectivity index (χ3v) is 5.49. The van der Waals surface area contributed by atoms with Crippen molar-refractivity contribution in [1.82, 2.24) is 15.0 Å². The maximum atomic E-state index is 12.7. The van der Waals surface area contributed by atoms with Crippen molar-refractivity contribution in [2.45, 2.75) is 4.90 Å². The third kappa shape index (κ3) is 4.34. The number of hydrogen-bond donors (Lipinski definition) is 2. The van der Waals surface area contributed by atoms with E-state index < -0.39 is 10.0 Å². The molecule has 1 aromatic heterocycles. The Bertz CT molecular complexity index is 1070. The van der Waals surface area contributed by atoms with Gasteiger partial charge < -0.3 is 10.6 Å². The molecule has 3 aromatic rings. The molecule has 0 aliphatic carbocycles. The summed E-state index contributed by atoms with van der Waals surface area (Å²) in [6.07, 6.45) is 0. The first kappa shape index (κ1) is 19.1. The molecule has 0 spiro atoms. The highest BCUT2D eigenvalue weighted by atomic mass is 79.9. The van der Waals surface area contributed by atoms with Crippen molar-refractivity contribution in [2.75, 3.05) is 29.5 Å². The van der Waals surface area contributed by atoms with E-state index in [1.807, 2.05) is 0 Å². The zero-order valence-electron chi connectivity index (χ0n) is 14.6. The predicted octanol–water partition coefficient (Wildman–Crippen LogP) is 2.75. The molecule has 8 nitrogen and oxygen atoms in total. The first-order chi connectivity index (χ1) is 12.8. The lowest BCUT2D eigenvalue weighted by atomic mass is 10.2. The van der Waals surface area contributed by atoms with Crippen LogP contribution in [0.5, 0.6) is 0 Å². The molecule has 0 radical (unpaired) electrons. The van der Waals surface area contributed by atoms with Crippen molar-refractivity contribution >= 4 is 43.5 Å². The van der Waals surface area contributed by atoms with Gasteiger partial charge in [0.15, 0.2) is 5.82 Å². The molecule has 27 heavy (non-hydrogen) atoms. The van der Waals surface area contributed by atoms with Crippen LogP contribution in [-0.2, 0) is 10.0 Å². The van der Waals surface area contributed by atoms with Crippen molar-refractivity contribution in [3.05, 3.63) is 53.0 Å². The van der Waals surface area contributed by atoms with Crippen LogP contribution in [0.15, 0.2) is 57.9 Å². The van der Waals surface area contributed by atoms with Gasteiger partial charge in [0.2, 0.25) is 11.9 Å². The number of nitrogen functional groups attached to an aromatic ring is 1. The maximum Gasteiger partial charge on any atom is 0.261 e. The highest BCUT2D eigenvalue weighted by Gasteiger charge is 2.18. The van der Waals surface area contributed by atoms with Crippen LogP contribution in [0.1, 0.15) is 0 Å². The topological polar surface area (TPSA) is 114 Å². The number of para-hydroxylation sites is 1. The third-order valence-electron chi connectivity index (χ3n) is 3.58. The fraction of sp³-hybridized carbons (Fsp3) is 0.118. The van der Waals surface area contributed by atoms with Crippen molar-refractivity contribution in [3.8, 4) is 11.4 Å². The van der Waals surface area contributed by atoms with E-state index in [1.165, 1.54) is 12.1 Å². The summed E-state index contributed by atoms with van der Waals surface area (Å²) in [5.41, 5.74) is 6.62. The van der Waals surface area contributed by atoms with Crippen LogP contribution in [0.25, 0.3) is 11.4 Å². The van der Waals surface area contributed by atoms with E-state index in [9.17, 15) is 8.42 Å². The lowest BCUT2D eigenvalue weighted by molar-refractivity contribution is 0.601. The molecule has 0 unspecified atom stereocenters. The number of benzene rings is 2. The number of rotatable bonds is 5. The lowest BCUT2D eigenvalue weighted by Crippen LogP contribution is -2.16. The van der Waals surface area contributed by atoms with Gasteiger partial charge >= 0.3 is 0 Å². The van der Waals surface area contributed by atoms with Crippen LogP contribution in [0.4, 0.5) is 17.6 Å². The first-order valence-electron chi connectivity index (χ1n) is 7.83. The van der Waals surface area contributed by atoms with Gasteiger partial charge in [0.25, 0.3) is 10.0 Å². The Morgan fingerprint density at radius 3 is 2.33 bits per heavy atom. The SMILES string of the molecule is CN(C)c1nc(N)nc(-c2ccccc2NS(=O)(=O)c2ccc(Br)cc2)n1. The van der Waals surface area contributed by atoms with Crippen LogP contribution in [0, 0.1) is 0 Å². The van der Waals surface area contributed by atoms with Gasteiger partial charge in [-0.3, -0.25) is 4.72 Å². The summed E-state index contributed by atoms with van der Waals surface area (Å²) in [5, 5.41) is 0. The van der Waals surface area contributed by atoms with Gasteiger partial charge in [-0.15, -0.1) is 0 Å². The summed E-state index contributed by atoms with van der Waals surface area (Å²) in [4.78, 5) is 14.4. The quantitative estimate of drug-likeness (QED) is 0.616. The molecule has 0 atom stereocenters. The number of anilines is 3. The lowest BCUT2D eigenvalue weighted by Gasteiger charge is -2.14. The Balaban J connectivity index is 2.04. The van der Waals surface area contributed by atoms with Gasteiger partial charge in [-0.25, -0.2) is 8.42 Å². The molecule has 0 fully saturated rings. The Morgan fingerprint density at radius 2 is 1.67 bits per heavy atom. The molecule has 1 heterocycles. The Morgan fingerprint density at radius 1 is 1.00 bits per heavy atom. The maximum absolute atomic E-state index is 12.7. The molecule has 0 amide bonds. The van der Waals surface area contributed by atoms with Crippen LogP contribution in [0.2, 0.25) is 0 Å². The molecular formula is C17H17BrN6O2S. The minimum atomic E-state index is -3.78. The molecular weight excluding hydrogens is 432 g/mol. The fourth-order valence-electron chi connectivity index (χ4n) is 2.29. The van der Waals surface area contributed by atoms with Gasteiger partial charge in [0, 0.05) is 24.1 Å². The number of sulfonamides is 1. The Hall–Kier alpha value is -2.72. The van der Waals surface area contributed by atoms with E-state index in [0.717, 1.165) is 4.47 Å². The minimum absolute atomic E-state index is 0.0502. The van der Waals surface area contributed by atoms with Crippen LogP contribution >= 0.6 is 15.9 Å². The predicted molar refractivity (Wildman–Crippen MR) is 109 cm³/mol. The summed E-state index contributed by atoms with van der Waals surface area (Å²) in [5.74, 6) is 0.706. The average Bonchev–Trinajstić information content (AvgIpc) is 2.61. The van der Waals surface area contributed by atoms with Crippen molar-refractivity contribution in [1.29, 1.82) is 0 Å². The standard InChI is InChI=1S/C17H17BrN6O2S/c1-24(2)17-21-15(20-16(19)22-17)13-5-3-4-6-14(13)23-27(25,26)12-9-7-11(18)8-10-12/h3-10,23H,1-2H3,(H2,19,20,21,22). The first-order valence-corrected chi connectivity index (χ1v) is 10.1. The normalized spacial score (nSPS) is 11.2. The van der Waals surface area contributed by atoms with Crippen LogP contribution in [0.3, 0.4) is 0 Å². The van der Waals surface area contributed by atoms with Gasteiger partial charge in [-0.2, -0.15) is 15.0 Å². The highest BCUT2D eigenvalue weighted by molar-refractivity contribution is 9.10. The second-order valence-electron chi connectivity index (χ2n) is 5.82. The van der Waals surface area contributed by atoms with E-state index in [1.54, 1.807) is 55.4 Å². The van der Waals surface area contributed by atoms with Gasteiger partial charge in [0.1, 0.15) is 0 Å². The second-order valence-corrected chi connectivity index (χ2v) is 8.41. The van der Waals surface area contributed by atoms with Crippen molar-refractivity contribution < 1.29 is 8.42 Å². The number of nitrogens with one attached hydrogen (secondary N) is 1. The molecule has 3 rings (SSSR count). The summed E-state index contributed by atoms with van der Waals surface area (Å²) >= 11 is 3.29. The van der Waals surface area contributed by atoms with Crippen LogP contribution < -0.4 is 15.4 Å². The number of aromatic nitrogens is 3. The summed E-state index contributed by atoms with van der Waals surface area (Å²) < 4.78 is 28.8. The molecule has 10 heteroatoms. The zero-order valence-corrected chi connectivity index (χ0v) is 17.0. The van der Waals surface area contributed by atoms with Crippen molar-refractivity contribution in [2.24, 2.45) is 0 Å². The molecule has 0 bridgehead atoms. The summed E-state index contributed by atoms with van der Waals surface area (Å²) in [6.45, 7) is 0. The monoisotopic (exact) mass is 448 g/mol. The zero-order chi connectivity index (χ0) is 19.6. The van der Waals surface area contributed by atoms with Crippen molar-refractivity contribution in [3.63, 3.8) is 0 Å².